The summed E-state index contributed by atoms with van der Waals surface area (Å²) in [6, 6.07) is 19.7. The van der Waals surface area contributed by atoms with Crippen LogP contribution in [0.5, 0.6) is 0 Å². The molecule has 3 rings (SSSR count). The molecular formula is C22H28Si. The van der Waals surface area contributed by atoms with Crippen LogP contribution in [0.1, 0.15) is 44.7 Å². The molecule has 0 N–H and O–H groups in total. The SMILES string of the molecule is CC[Si](CC)(CC)C(C#CC1CC1)c1ccc2ccccc2c1. The Labute approximate surface area is 142 Å². The van der Waals surface area contributed by atoms with Crippen LogP contribution in [0.25, 0.3) is 10.8 Å². The second-order valence-corrected chi connectivity index (χ2v) is 12.4. The van der Waals surface area contributed by atoms with Crippen molar-refractivity contribution in [2.24, 2.45) is 5.92 Å². The molecule has 2 aromatic rings. The van der Waals surface area contributed by atoms with Crippen LogP contribution < -0.4 is 0 Å². The minimum absolute atomic E-state index is 0.493. The molecule has 0 saturated heterocycles. The summed E-state index contributed by atoms with van der Waals surface area (Å²) in [5, 5.41) is 2.69. The first-order chi connectivity index (χ1) is 11.2. The summed E-state index contributed by atoms with van der Waals surface area (Å²) in [6.07, 6.45) is 2.63. The lowest BCUT2D eigenvalue weighted by molar-refractivity contribution is 1.04. The van der Waals surface area contributed by atoms with Gasteiger partial charge in [-0.3, -0.25) is 0 Å². The molecule has 0 aliphatic heterocycles. The third-order valence-corrected chi connectivity index (χ3v) is 11.8. The Hall–Kier alpha value is -1.52. The van der Waals surface area contributed by atoms with Gasteiger partial charge in [0.05, 0.1) is 8.07 Å². The highest BCUT2D eigenvalue weighted by molar-refractivity contribution is 6.81. The molecular weight excluding hydrogens is 292 g/mol. The zero-order chi connectivity index (χ0) is 16.3. The molecule has 1 saturated carbocycles. The van der Waals surface area contributed by atoms with Crippen molar-refractivity contribution in [1.82, 2.24) is 0 Å². The van der Waals surface area contributed by atoms with Crippen molar-refractivity contribution in [3.63, 3.8) is 0 Å². The van der Waals surface area contributed by atoms with E-state index >= 15 is 0 Å². The van der Waals surface area contributed by atoms with E-state index in [0.717, 1.165) is 0 Å². The van der Waals surface area contributed by atoms with Gasteiger partial charge in [-0.05, 0) is 29.2 Å². The van der Waals surface area contributed by atoms with Crippen LogP contribution in [-0.4, -0.2) is 8.07 Å². The maximum absolute atomic E-state index is 3.77. The Kier molecular flexibility index (Phi) is 4.92. The number of benzene rings is 2. The van der Waals surface area contributed by atoms with E-state index in [0.29, 0.717) is 11.5 Å². The topological polar surface area (TPSA) is 0 Å². The van der Waals surface area contributed by atoms with Gasteiger partial charge in [-0.25, -0.2) is 0 Å². The zero-order valence-corrected chi connectivity index (χ0v) is 15.7. The van der Waals surface area contributed by atoms with E-state index in [1.165, 1.54) is 47.3 Å². The lowest BCUT2D eigenvalue weighted by Gasteiger charge is -2.34. The number of hydrogen-bond donors (Lipinski definition) is 0. The fourth-order valence-electron chi connectivity index (χ4n) is 3.77. The fourth-order valence-corrected chi connectivity index (χ4v) is 7.77. The van der Waals surface area contributed by atoms with Crippen molar-refractivity contribution < 1.29 is 0 Å². The zero-order valence-electron chi connectivity index (χ0n) is 14.7. The molecule has 0 spiro atoms. The van der Waals surface area contributed by atoms with Gasteiger partial charge in [-0.1, -0.05) is 93.2 Å². The molecule has 1 heteroatoms. The standard InChI is InChI=1S/C22H28Si/c1-4-23(5-2,6-3)22(16-13-18-11-12-18)21-15-14-19-9-7-8-10-20(19)17-21/h7-10,14-15,17-18,22H,4-6,11-12H2,1-3H3. The first-order valence-electron chi connectivity index (χ1n) is 9.22. The van der Waals surface area contributed by atoms with Crippen molar-refractivity contribution in [2.75, 3.05) is 0 Å². The molecule has 0 heterocycles. The van der Waals surface area contributed by atoms with Crippen LogP contribution >= 0.6 is 0 Å². The van der Waals surface area contributed by atoms with E-state index in [1.807, 2.05) is 0 Å². The Morgan fingerprint density at radius 1 is 0.957 bits per heavy atom. The van der Waals surface area contributed by atoms with Gasteiger partial charge in [0, 0.05) is 11.5 Å². The van der Waals surface area contributed by atoms with Crippen molar-refractivity contribution in [2.45, 2.75) is 57.3 Å². The molecule has 1 aliphatic carbocycles. The second-order valence-electron chi connectivity index (χ2n) is 7.03. The molecule has 0 aromatic heterocycles. The minimum Gasteiger partial charge on any atom is -0.0996 e. The molecule has 0 bridgehead atoms. The Morgan fingerprint density at radius 3 is 2.22 bits per heavy atom. The molecule has 1 aliphatic rings. The summed E-state index contributed by atoms with van der Waals surface area (Å²) in [6.45, 7) is 7.18. The highest BCUT2D eigenvalue weighted by atomic mass is 28.3. The predicted molar refractivity (Wildman–Crippen MR) is 104 cm³/mol. The highest BCUT2D eigenvalue weighted by Crippen LogP contribution is 2.37. The maximum Gasteiger partial charge on any atom is 0.0751 e. The average molecular weight is 321 g/mol. The second kappa shape index (κ2) is 6.93. The fraction of sp³-hybridized carbons (Fsp3) is 0.455. The van der Waals surface area contributed by atoms with Crippen LogP contribution in [0.3, 0.4) is 0 Å². The van der Waals surface area contributed by atoms with Crippen LogP contribution in [0.4, 0.5) is 0 Å². The first kappa shape index (κ1) is 16.3. The molecule has 2 aromatic carbocycles. The quantitative estimate of drug-likeness (QED) is 0.442. The van der Waals surface area contributed by atoms with Gasteiger partial charge in [0.25, 0.3) is 0 Å². The van der Waals surface area contributed by atoms with E-state index in [4.69, 9.17) is 0 Å². The smallest absolute Gasteiger partial charge is 0.0751 e. The van der Waals surface area contributed by atoms with Crippen LogP contribution in [-0.2, 0) is 0 Å². The third kappa shape index (κ3) is 3.38. The van der Waals surface area contributed by atoms with Crippen LogP contribution in [0.2, 0.25) is 18.1 Å². The molecule has 23 heavy (non-hydrogen) atoms. The van der Waals surface area contributed by atoms with E-state index in [9.17, 15) is 0 Å². The molecule has 1 fully saturated rings. The van der Waals surface area contributed by atoms with Crippen molar-refractivity contribution >= 4 is 18.8 Å². The molecule has 1 atom stereocenters. The van der Waals surface area contributed by atoms with E-state index in [2.05, 4.69) is 75.1 Å². The van der Waals surface area contributed by atoms with Gasteiger partial charge >= 0.3 is 0 Å². The summed E-state index contributed by atoms with van der Waals surface area (Å²) in [7, 11) is -1.39. The van der Waals surface area contributed by atoms with E-state index in [1.54, 1.807) is 0 Å². The summed E-state index contributed by atoms with van der Waals surface area (Å²) in [5.74, 6) is 8.05. The highest BCUT2D eigenvalue weighted by Gasteiger charge is 2.36. The van der Waals surface area contributed by atoms with Crippen molar-refractivity contribution in [1.29, 1.82) is 0 Å². The molecule has 0 radical (unpaired) electrons. The predicted octanol–water partition coefficient (Wildman–Crippen LogP) is 6.38. The van der Waals surface area contributed by atoms with Gasteiger partial charge < -0.3 is 0 Å². The normalized spacial score (nSPS) is 16.0. The largest absolute Gasteiger partial charge is 0.0996 e. The third-order valence-electron chi connectivity index (χ3n) is 5.84. The van der Waals surface area contributed by atoms with Gasteiger partial charge in [0.1, 0.15) is 0 Å². The van der Waals surface area contributed by atoms with Crippen LogP contribution in [0, 0.1) is 17.8 Å². The van der Waals surface area contributed by atoms with Gasteiger partial charge in [0.15, 0.2) is 0 Å². The molecule has 0 nitrogen and oxygen atoms in total. The van der Waals surface area contributed by atoms with Gasteiger partial charge in [-0.2, -0.15) is 0 Å². The summed E-state index contributed by atoms with van der Waals surface area (Å²) >= 11 is 0. The van der Waals surface area contributed by atoms with Crippen molar-refractivity contribution in [3.05, 3.63) is 48.0 Å². The van der Waals surface area contributed by atoms with Gasteiger partial charge in [-0.15, -0.1) is 0 Å². The molecule has 120 valence electrons. The molecule has 1 unspecified atom stereocenters. The average Bonchev–Trinajstić information content (AvgIpc) is 3.43. The monoisotopic (exact) mass is 320 g/mol. The lowest BCUT2D eigenvalue weighted by atomic mass is 10.0. The minimum atomic E-state index is -1.39. The number of rotatable bonds is 5. The lowest BCUT2D eigenvalue weighted by Crippen LogP contribution is -2.39. The van der Waals surface area contributed by atoms with Crippen LogP contribution in [0.15, 0.2) is 42.5 Å². The summed E-state index contributed by atoms with van der Waals surface area (Å²) < 4.78 is 0. The molecule has 0 amide bonds. The van der Waals surface area contributed by atoms with Gasteiger partial charge in [0.2, 0.25) is 0 Å². The first-order valence-corrected chi connectivity index (χ1v) is 11.9. The summed E-state index contributed by atoms with van der Waals surface area (Å²) in [5.41, 5.74) is 1.96. The van der Waals surface area contributed by atoms with E-state index in [-0.39, 0.29) is 0 Å². The Morgan fingerprint density at radius 2 is 1.61 bits per heavy atom. The number of fused-ring (bicyclic) bond motifs is 1. The van der Waals surface area contributed by atoms with Crippen molar-refractivity contribution in [3.8, 4) is 11.8 Å². The number of hydrogen-bond acceptors (Lipinski definition) is 0. The summed E-state index contributed by atoms with van der Waals surface area (Å²) in [4.78, 5) is 0. The Balaban J connectivity index is 2.07. The Bertz CT molecular complexity index is 718. The van der Waals surface area contributed by atoms with E-state index < -0.39 is 8.07 Å². The maximum atomic E-state index is 3.77.